The van der Waals surface area contributed by atoms with Crippen LogP contribution >= 0.6 is 27.5 Å². The van der Waals surface area contributed by atoms with Crippen molar-refractivity contribution >= 4 is 39.3 Å². The normalized spacial score (nSPS) is 15.6. The number of halogens is 2. The van der Waals surface area contributed by atoms with E-state index in [-0.39, 0.29) is 6.09 Å². The van der Waals surface area contributed by atoms with Crippen LogP contribution in [0, 0.1) is 5.92 Å². The highest BCUT2D eigenvalue weighted by atomic mass is 79.9. The molecule has 0 bridgehead atoms. The molecule has 0 aliphatic carbocycles. The Hall–Kier alpha value is -0.940. The predicted molar refractivity (Wildman–Crippen MR) is 88.9 cm³/mol. The SMILES string of the molecule is CC(C)(C)OC(=O)N1CC(CNc2cc(Cl)ccc2Br)C1. The molecule has 1 fully saturated rings. The van der Waals surface area contributed by atoms with E-state index >= 15 is 0 Å². The van der Waals surface area contributed by atoms with E-state index in [2.05, 4.69) is 21.2 Å². The van der Waals surface area contributed by atoms with Gasteiger partial charge in [-0.25, -0.2) is 4.79 Å². The highest BCUT2D eigenvalue weighted by Gasteiger charge is 2.33. The summed E-state index contributed by atoms with van der Waals surface area (Å²) in [4.78, 5) is 13.5. The van der Waals surface area contributed by atoms with Crippen LogP contribution in [0.25, 0.3) is 0 Å². The molecule has 21 heavy (non-hydrogen) atoms. The van der Waals surface area contributed by atoms with Crippen LogP contribution in [0.15, 0.2) is 22.7 Å². The molecule has 4 nitrogen and oxygen atoms in total. The van der Waals surface area contributed by atoms with E-state index < -0.39 is 5.60 Å². The highest BCUT2D eigenvalue weighted by molar-refractivity contribution is 9.10. The third kappa shape index (κ3) is 4.78. The van der Waals surface area contributed by atoms with Crippen LogP contribution in [0.3, 0.4) is 0 Å². The Labute approximate surface area is 138 Å². The van der Waals surface area contributed by atoms with Crippen molar-refractivity contribution in [2.75, 3.05) is 25.0 Å². The Kier molecular flexibility index (Phi) is 5.04. The number of carbonyl (C=O) groups is 1. The van der Waals surface area contributed by atoms with Crippen LogP contribution < -0.4 is 5.32 Å². The van der Waals surface area contributed by atoms with Crippen LogP contribution in [0.5, 0.6) is 0 Å². The largest absolute Gasteiger partial charge is 0.444 e. The van der Waals surface area contributed by atoms with Crippen molar-refractivity contribution in [1.29, 1.82) is 0 Å². The lowest BCUT2D eigenvalue weighted by atomic mass is 10.0. The van der Waals surface area contributed by atoms with Gasteiger partial charge in [0.05, 0.1) is 0 Å². The minimum atomic E-state index is -0.438. The van der Waals surface area contributed by atoms with Crippen LogP contribution in [0.1, 0.15) is 20.8 Å². The lowest BCUT2D eigenvalue weighted by Crippen LogP contribution is -2.53. The Balaban J connectivity index is 1.76. The second-order valence-corrected chi connectivity index (χ2v) is 7.55. The molecule has 2 rings (SSSR count). The molecule has 6 heteroatoms. The molecule has 0 radical (unpaired) electrons. The summed E-state index contributed by atoms with van der Waals surface area (Å²) in [5, 5.41) is 4.05. The smallest absolute Gasteiger partial charge is 0.410 e. The number of hydrogen-bond donors (Lipinski definition) is 1. The van der Waals surface area contributed by atoms with Crippen molar-refractivity contribution in [3.8, 4) is 0 Å². The molecule has 0 atom stereocenters. The first kappa shape index (κ1) is 16.4. The van der Waals surface area contributed by atoms with Gasteiger partial charge in [0.25, 0.3) is 0 Å². The van der Waals surface area contributed by atoms with Gasteiger partial charge in [-0.1, -0.05) is 11.6 Å². The summed E-state index contributed by atoms with van der Waals surface area (Å²) in [7, 11) is 0. The number of hydrogen-bond acceptors (Lipinski definition) is 3. The van der Waals surface area contributed by atoms with Gasteiger partial charge in [0.2, 0.25) is 0 Å². The fourth-order valence-corrected chi connectivity index (χ4v) is 2.62. The molecule has 1 aliphatic heterocycles. The van der Waals surface area contributed by atoms with Gasteiger partial charge in [-0.15, -0.1) is 0 Å². The lowest BCUT2D eigenvalue weighted by molar-refractivity contribution is 0.000846. The summed E-state index contributed by atoms with van der Waals surface area (Å²) in [5.74, 6) is 0.434. The fraction of sp³-hybridized carbons (Fsp3) is 0.533. The monoisotopic (exact) mass is 374 g/mol. The summed E-state index contributed by atoms with van der Waals surface area (Å²) < 4.78 is 6.31. The molecule has 1 N–H and O–H groups in total. The molecule has 1 aromatic rings. The average Bonchev–Trinajstić information content (AvgIpc) is 2.29. The predicted octanol–water partition coefficient (Wildman–Crippen LogP) is 4.38. The van der Waals surface area contributed by atoms with E-state index in [9.17, 15) is 4.79 Å². The maximum absolute atomic E-state index is 11.8. The van der Waals surface area contributed by atoms with Crippen molar-refractivity contribution in [3.63, 3.8) is 0 Å². The minimum absolute atomic E-state index is 0.234. The zero-order chi connectivity index (χ0) is 15.6. The van der Waals surface area contributed by atoms with Crippen molar-refractivity contribution in [2.24, 2.45) is 5.92 Å². The first-order valence-electron chi connectivity index (χ1n) is 6.91. The van der Waals surface area contributed by atoms with Crippen LogP contribution in [-0.2, 0) is 4.74 Å². The molecule has 0 unspecified atom stereocenters. The van der Waals surface area contributed by atoms with Gasteiger partial charge in [0, 0.05) is 40.7 Å². The molecular weight excluding hydrogens is 356 g/mol. The van der Waals surface area contributed by atoms with Gasteiger partial charge < -0.3 is 15.0 Å². The Bertz CT molecular complexity index is 525. The van der Waals surface area contributed by atoms with E-state index in [1.54, 1.807) is 4.90 Å². The highest BCUT2D eigenvalue weighted by Crippen LogP contribution is 2.27. The first-order valence-corrected chi connectivity index (χ1v) is 8.08. The zero-order valence-electron chi connectivity index (χ0n) is 12.5. The van der Waals surface area contributed by atoms with E-state index in [1.807, 2.05) is 39.0 Å². The summed E-state index contributed by atoms with van der Waals surface area (Å²) in [5.41, 5.74) is 0.532. The van der Waals surface area contributed by atoms with Gasteiger partial charge in [0.15, 0.2) is 0 Å². The second-order valence-electron chi connectivity index (χ2n) is 6.26. The minimum Gasteiger partial charge on any atom is -0.444 e. The number of carbonyl (C=O) groups excluding carboxylic acids is 1. The molecule has 1 aliphatic rings. The van der Waals surface area contributed by atoms with E-state index in [0.717, 1.165) is 29.8 Å². The quantitative estimate of drug-likeness (QED) is 0.852. The molecule has 1 saturated heterocycles. The summed E-state index contributed by atoms with van der Waals surface area (Å²) in [6, 6.07) is 5.64. The van der Waals surface area contributed by atoms with Crippen LogP contribution in [0.2, 0.25) is 5.02 Å². The first-order chi connectivity index (χ1) is 9.74. The number of likely N-dealkylation sites (tertiary alicyclic amines) is 1. The summed E-state index contributed by atoms with van der Waals surface area (Å²) >= 11 is 9.46. The lowest BCUT2D eigenvalue weighted by Gasteiger charge is -2.40. The van der Waals surface area contributed by atoms with Crippen molar-refractivity contribution in [1.82, 2.24) is 4.90 Å². The molecule has 1 heterocycles. The number of amides is 1. The van der Waals surface area contributed by atoms with Crippen molar-refractivity contribution in [2.45, 2.75) is 26.4 Å². The fourth-order valence-electron chi connectivity index (χ4n) is 2.06. The number of ether oxygens (including phenoxy) is 1. The van der Waals surface area contributed by atoms with Crippen molar-refractivity contribution in [3.05, 3.63) is 27.7 Å². The molecule has 1 amide bonds. The molecule has 0 aromatic heterocycles. The van der Waals surface area contributed by atoms with E-state index in [1.165, 1.54) is 0 Å². The average molecular weight is 376 g/mol. The maximum Gasteiger partial charge on any atom is 0.410 e. The van der Waals surface area contributed by atoms with Crippen molar-refractivity contribution < 1.29 is 9.53 Å². The Morgan fingerprint density at radius 1 is 1.48 bits per heavy atom. The van der Waals surface area contributed by atoms with Gasteiger partial charge in [-0.2, -0.15) is 0 Å². The molecular formula is C15H20BrClN2O2. The molecule has 116 valence electrons. The standard InChI is InChI=1S/C15H20BrClN2O2/c1-15(2,3)21-14(20)19-8-10(9-19)7-18-13-6-11(17)4-5-12(13)16/h4-6,10,18H,7-9H2,1-3H3. The molecule has 0 saturated carbocycles. The number of rotatable bonds is 3. The summed E-state index contributed by atoms with van der Waals surface area (Å²) in [6.45, 7) is 7.87. The zero-order valence-corrected chi connectivity index (χ0v) is 14.8. The second kappa shape index (κ2) is 6.44. The number of nitrogens with zero attached hydrogens (tertiary/aromatic N) is 1. The number of benzene rings is 1. The number of anilines is 1. The summed E-state index contributed by atoms with van der Waals surface area (Å²) in [6.07, 6.45) is -0.234. The maximum atomic E-state index is 11.8. The number of nitrogens with one attached hydrogen (secondary N) is 1. The molecule has 0 spiro atoms. The van der Waals surface area contributed by atoms with E-state index in [0.29, 0.717) is 10.9 Å². The third-order valence-corrected chi connectivity index (χ3v) is 4.05. The van der Waals surface area contributed by atoms with Crippen LogP contribution in [-0.4, -0.2) is 36.2 Å². The van der Waals surface area contributed by atoms with Gasteiger partial charge >= 0.3 is 6.09 Å². The van der Waals surface area contributed by atoms with Gasteiger partial charge in [-0.05, 0) is 54.9 Å². The Morgan fingerprint density at radius 3 is 2.76 bits per heavy atom. The van der Waals surface area contributed by atoms with Gasteiger partial charge in [-0.3, -0.25) is 0 Å². The van der Waals surface area contributed by atoms with Gasteiger partial charge in [0.1, 0.15) is 5.60 Å². The third-order valence-electron chi connectivity index (χ3n) is 3.12. The van der Waals surface area contributed by atoms with E-state index in [4.69, 9.17) is 16.3 Å². The topological polar surface area (TPSA) is 41.6 Å². The Morgan fingerprint density at radius 2 is 2.14 bits per heavy atom. The van der Waals surface area contributed by atoms with Crippen LogP contribution in [0.4, 0.5) is 10.5 Å². The molecule has 1 aromatic carbocycles.